The molecule has 0 radical (unpaired) electrons. The van der Waals surface area contributed by atoms with Crippen LogP contribution in [0.15, 0.2) is 24.3 Å². The zero-order chi connectivity index (χ0) is 12.3. The van der Waals surface area contributed by atoms with E-state index in [1.54, 1.807) is 0 Å². The summed E-state index contributed by atoms with van der Waals surface area (Å²) in [5.41, 5.74) is 2.79. The van der Waals surface area contributed by atoms with Gasteiger partial charge in [0.05, 0.1) is 0 Å². The molecule has 0 amide bonds. The molecule has 2 unspecified atom stereocenters. The monoisotopic (exact) mass is 232 g/mol. The van der Waals surface area contributed by atoms with Gasteiger partial charge in [-0.15, -0.1) is 0 Å². The van der Waals surface area contributed by atoms with Crippen molar-refractivity contribution in [2.75, 3.05) is 14.1 Å². The lowest BCUT2D eigenvalue weighted by Gasteiger charge is -2.24. The van der Waals surface area contributed by atoms with Crippen LogP contribution in [0.2, 0.25) is 0 Å². The minimum atomic E-state index is 0.722. The van der Waals surface area contributed by atoms with Gasteiger partial charge in [0.1, 0.15) is 0 Å². The molecule has 1 N–H and O–H groups in total. The zero-order valence-corrected chi connectivity index (χ0v) is 11.2. The summed E-state index contributed by atoms with van der Waals surface area (Å²) in [6.45, 7) is 3.24. The molecule has 0 aromatic heterocycles. The maximum atomic E-state index is 3.40. The van der Waals surface area contributed by atoms with E-state index in [-0.39, 0.29) is 0 Å². The standard InChI is InChI=1S/C15H24N2/c1-12-5-4-6-13(9-12)11-17(3)15-8-7-14(10-15)16-2/h4-6,9,14-16H,7-8,10-11H2,1-3H3. The van der Waals surface area contributed by atoms with Crippen LogP contribution in [0.3, 0.4) is 0 Å². The molecule has 0 bridgehead atoms. The first-order chi connectivity index (χ1) is 8.19. The maximum Gasteiger partial charge on any atom is 0.0233 e. The van der Waals surface area contributed by atoms with Gasteiger partial charge in [-0.3, -0.25) is 4.90 Å². The van der Waals surface area contributed by atoms with Crippen molar-refractivity contribution in [2.45, 2.75) is 44.8 Å². The van der Waals surface area contributed by atoms with Gasteiger partial charge < -0.3 is 5.32 Å². The van der Waals surface area contributed by atoms with Crippen molar-refractivity contribution in [2.24, 2.45) is 0 Å². The smallest absolute Gasteiger partial charge is 0.0233 e. The summed E-state index contributed by atoms with van der Waals surface area (Å²) in [5.74, 6) is 0. The highest BCUT2D eigenvalue weighted by Crippen LogP contribution is 2.24. The number of hydrogen-bond donors (Lipinski definition) is 1. The van der Waals surface area contributed by atoms with Crippen molar-refractivity contribution in [1.29, 1.82) is 0 Å². The van der Waals surface area contributed by atoms with E-state index in [1.807, 2.05) is 0 Å². The third kappa shape index (κ3) is 3.30. The van der Waals surface area contributed by atoms with Crippen molar-refractivity contribution >= 4 is 0 Å². The summed E-state index contributed by atoms with van der Waals surface area (Å²) in [4.78, 5) is 2.51. The molecule has 1 fully saturated rings. The van der Waals surface area contributed by atoms with Crippen LogP contribution in [0.4, 0.5) is 0 Å². The summed E-state index contributed by atoms with van der Waals surface area (Å²) >= 11 is 0. The highest BCUT2D eigenvalue weighted by Gasteiger charge is 2.26. The number of nitrogens with one attached hydrogen (secondary N) is 1. The molecule has 0 spiro atoms. The number of aryl methyl sites for hydroxylation is 1. The largest absolute Gasteiger partial charge is 0.317 e. The summed E-state index contributed by atoms with van der Waals surface area (Å²) in [6, 6.07) is 10.3. The predicted molar refractivity (Wildman–Crippen MR) is 73.1 cm³/mol. The van der Waals surface area contributed by atoms with Crippen molar-refractivity contribution in [3.63, 3.8) is 0 Å². The first-order valence-corrected chi connectivity index (χ1v) is 6.62. The summed E-state index contributed by atoms with van der Waals surface area (Å²) < 4.78 is 0. The number of hydrogen-bond acceptors (Lipinski definition) is 2. The van der Waals surface area contributed by atoms with E-state index in [4.69, 9.17) is 0 Å². The SMILES string of the molecule is CNC1CCC(N(C)Cc2cccc(C)c2)C1. The molecule has 94 valence electrons. The number of benzene rings is 1. The van der Waals surface area contributed by atoms with E-state index in [0.717, 1.165) is 18.6 Å². The first kappa shape index (κ1) is 12.6. The Morgan fingerprint density at radius 3 is 2.82 bits per heavy atom. The third-order valence-corrected chi connectivity index (χ3v) is 3.95. The fraction of sp³-hybridized carbons (Fsp3) is 0.600. The molecule has 2 heteroatoms. The highest BCUT2D eigenvalue weighted by molar-refractivity contribution is 5.22. The third-order valence-electron chi connectivity index (χ3n) is 3.95. The van der Waals surface area contributed by atoms with Crippen LogP contribution in [0, 0.1) is 6.92 Å². The Labute approximate surface area is 105 Å². The second kappa shape index (κ2) is 5.65. The molecule has 2 nitrogen and oxygen atoms in total. The fourth-order valence-corrected chi connectivity index (χ4v) is 2.85. The van der Waals surface area contributed by atoms with Gasteiger partial charge in [0.25, 0.3) is 0 Å². The van der Waals surface area contributed by atoms with Crippen molar-refractivity contribution < 1.29 is 0 Å². The maximum absolute atomic E-state index is 3.40. The Morgan fingerprint density at radius 2 is 2.18 bits per heavy atom. The molecule has 2 rings (SSSR count). The predicted octanol–water partition coefficient (Wildman–Crippen LogP) is 2.57. The second-order valence-electron chi connectivity index (χ2n) is 5.36. The lowest BCUT2D eigenvalue weighted by molar-refractivity contribution is 0.234. The fourth-order valence-electron chi connectivity index (χ4n) is 2.85. The lowest BCUT2D eigenvalue weighted by atomic mass is 10.1. The Hall–Kier alpha value is -0.860. The molecule has 2 atom stereocenters. The van der Waals surface area contributed by atoms with Gasteiger partial charge in [-0.1, -0.05) is 29.8 Å². The summed E-state index contributed by atoms with van der Waals surface area (Å²) in [7, 11) is 4.33. The second-order valence-corrected chi connectivity index (χ2v) is 5.36. The van der Waals surface area contributed by atoms with Gasteiger partial charge in [-0.05, 0) is 45.8 Å². The molecule has 0 aliphatic heterocycles. The van der Waals surface area contributed by atoms with Crippen molar-refractivity contribution in [3.05, 3.63) is 35.4 Å². The minimum Gasteiger partial charge on any atom is -0.317 e. The number of nitrogens with zero attached hydrogens (tertiary/aromatic N) is 1. The van der Waals surface area contributed by atoms with Crippen LogP contribution in [0.1, 0.15) is 30.4 Å². The van der Waals surface area contributed by atoms with Crippen LogP contribution in [-0.4, -0.2) is 31.1 Å². The molecular weight excluding hydrogens is 208 g/mol. The molecular formula is C15H24N2. The van der Waals surface area contributed by atoms with Gasteiger partial charge in [0.2, 0.25) is 0 Å². The Kier molecular flexibility index (Phi) is 4.19. The average molecular weight is 232 g/mol. The van der Waals surface area contributed by atoms with Gasteiger partial charge >= 0.3 is 0 Å². The van der Waals surface area contributed by atoms with E-state index >= 15 is 0 Å². The topological polar surface area (TPSA) is 15.3 Å². The van der Waals surface area contributed by atoms with Crippen molar-refractivity contribution in [3.8, 4) is 0 Å². The molecule has 1 saturated carbocycles. The Balaban J connectivity index is 1.91. The molecule has 1 aliphatic rings. The van der Waals surface area contributed by atoms with Crippen LogP contribution < -0.4 is 5.32 Å². The molecule has 1 aromatic rings. The van der Waals surface area contributed by atoms with Crippen LogP contribution in [0.25, 0.3) is 0 Å². The van der Waals surface area contributed by atoms with Gasteiger partial charge in [0, 0.05) is 18.6 Å². The van der Waals surface area contributed by atoms with E-state index in [1.165, 1.54) is 30.4 Å². The van der Waals surface area contributed by atoms with E-state index in [9.17, 15) is 0 Å². The molecule has 17 heavy (non-hydrogen) atoms. The van der Waals surface area contributed by atoms with Crippen LogP contribution in [0.5, 0.6) is 0 Å². The number of rotatable bonds is 4. The van der Waals surface area contributed by atoms with Gasteiger partial charge in [-0.2, -0.15) is 0 Å². The van der Waals surface area contributed by atoms with Crippen LogP contribution >= 0.6 is 0 Å². The van der Waals surface area contributed by atoms with E-state index in [0.29, 0.717) is 0 Å². The zero-order valence-electron chi connectivity index (χ0n) is 11.2. The molecule has 0 saturated heterocycles. The van der Waals surface area contributed by atoms with Gasteiger partial charge in [-0.25, -0.2) is 0 Å². The summed E-state index contributed by atoms with van der Waals surface area (Å²) in [5, 5.41) is 3.40. The average Bonchev–Trinajstić information content (AvgIpc) is 2.77. The Morgan fingerprint density at radius 1 is 1.35 bits per heavy atom. The molecule has 1 aliphatic carbocycles. The lowest BCUT2D eigenvalue weighted by Crippen LogP contribution is -2.31. The first-order valence-electron chi connectivity index (χ1n) is 6.62. The van der Waals surface area contributed by atoms with Crippen molar-refractivity contribution in [1.82, 2.24) is 10.2 Å². The quantitative estimate of drug-likeness (QED) is 0.858. The normalized spacial score (nSPS) is 24.5. The van der Waals surface area contributed by atoms with E-state index in [2.05, 4.69) is 55.5 Å². The molecule has 1 aromatic carbocycles. The molecule has 0 heterocycles. The Bertz CT molecular complexity index is 362. The van der Waals surface area contributed by atoms with E-state index < -0.39 is 0 Å². The highest BCUT2D eigenvalue weighted by atomic mass is 15.1. The van der Waals surface area contributed by atoms with Crippen LogP contribution in [-0.2, 0) is 6.54 Å². The summed E-state index contributed by atoms with van der Waals surface area (Å²) in [6.07, 6.45) is 3.94. The van der Waals surface area contributed by atoms with Gasteiger partial charge in [0.15, 0.2) is 0 Å². The minimum absolute atomic E-state index is 0.722.